The number of nitrogens with zero attached hydrogens (tertiary/aromatic N) is 3. The van der Waals surface area contributed by atoms with Crippen molar-refractivity contribution in [1.29, 1.82) is 5.26 Å². The van der Waals surface area contributed by atoms with Crippen LogP contribution in [-0.2, 0) is 0 Å². The van der Waals surface area contributed by atoms with Gasteiger partial charge in [0, 0.05) is 30.9 Å². The average Bonchev–Trinajstić information content (AvgIpc) is 2.54. The van der Waals surface area contributed by atoms with E-state index in [0.717, 1.165) is 5.69 Å². The van der Waals surface area contributed by atoms with Crippen molar-refractivity contribution in [3.63, 3.8) is 0 Å². The quantitative estimate of drug-likeness (QED) is 0.794. The second-order valence-corrected chi connectivity index (χ2v) is 9.90. The number of anilines is 1. The van der Waals surface area contributed by atoms with Crippen molar-refractivity contribution >= 4 is 11.8 Å². The molecule has 1 amide bonds. The van der Waals surface area contributed by atoms with Gasteiger partial charge in [-0.25, -0.2) is 4.79 Å². The number of amides is 1. The first-order valence-corrected chi connectivity index (χ1v) is 9.70. The van der Waals surface area contributed by atoms with Gasteiger partial charge in [-0.3, -0.25) is 0 Å². The number of nitriles is 1. The molecule has 1 saturated heterocycles. The highest BCUT2D eigenvalue weighted by atomic mass is 16.5. The number of hydrogen-bond acceptors (Lipinski definition) is 4. The predicted octanol–water partition coefficient (Wildman–Crippen LogP) is 4.73. The molecule has 1 aliphatic heterocycles. The Bertz CT molecular complexity index is 786. The molecule has 1 fully saturated rings. The molecule has 0 radical (unpaired) electrons. The van der Waals surface area contributed by atoms with Gasteiger partial charge >= 0.3 is 6.09 Å². The van der Waals surface area contributed by atoms with Crippen molar-refractivity contribution in [2.75, 3.05) is 18.0 Å². The van der Waals surface area contributed by atoms with E-state index in [9.17, 15) is 15.2 Å². The molecule has 6 nitrogen and oxygen atoms in total. The van der Waals surface area contributed by atoms with Gasteiger partial charge in [0.05, 0.1) is 11.1 Å². The summed E-state index contributed by atoms with van der Waals surface area (Å²) >= 11 is 0. The summed E-state index contributed by atoms with van der Waals surface area (Å²) in [5.74, 6) is 0.553. The Morgan fingerprint density at radius 2 is 1.89 bits per heavy atom. The van der Waals surface area contributed by atoms with Crippen molar-refractivity contribution in [2.24, 2.45) is 5.41 Å². The zero-order valence-electron chi connectivity index (χ0n) is 18.3. The Kier molecular flexibility index (Phi) is 5.62. The largest absolute Gasteiger partial charge is 0.487 e. The molecule has 2 atom stereocenters. The third-order valence-electron chi connectivity index (χ3n) is 5.73. The van der Waals surface area contributed by atoms with Gasteiger partial charge in [-0.2, -0.15) is 5.26 Å². The minimum atomic E-state index is -0.890. The molecule has 6 heteroatoms. The van der Waals surface area contributed by atoms with Crippen molar-refractivity contribution in [1.82, 2.24) is 4.90 Å². The van der Waals surface area contributed by atoms with Crippen LogP contribution in [0.25, 0.3) is 0 Å². The smallest absolute Gasteiger partial charge is 0.407 e. The highest BCUT2D eigenvalue weighted by Crippen LogP contribution is 2.43. The monoisotopic (exact) mass is 387 g/mol. The maximum Gasteiger partial charge on any atom is 0.407 e. The fraction of sp³-hybridized carbons (Fsp3) is 0.636. The summed E-state index contributed by atoms with van der Waals surface area (Å²) in [4.78, 5) is 15.6. The van der Waals surface area contributed by atoms with Gasteiger partial charge in [-0.15, -0.1) is 0 Å². The third-order valence-corrected chi connectivity index (χ3v) is 5.73. The number of carboxylic acid groups (broad SMARTS) is 1. The predicted molar refractivity (Wildman–Crippen MR) is 111 cm³/mol. The van der Waals surface area contributed by atoms with E-state index >= 15 is 0 Å². The Hall–Kier alpha value is -2.42. The Morgan fingerprint density at radius 1 is 1.29 bits per heavy atom. The highest BCUT2D eigenvalue weighted by molar-refractivity contribution is 5.67. The SMILES string of the molecule is C[C@@H]1CN(c2ccc(C#N)c(OC(C)(C)C)c2)[C@](C)(C(C)(C)C)CN1C(=O)O. The van der Waals surface area contributed by atoms with E-state index in [1.165, 1.54) is 4.90 Å². The van der Waals surface area contributed by atoms with Crippen LogP contribution < -0.4 is 9.64 Å². The van der Waals surface area contributed by atoms with Gasteiger partial charge in [0.15, 0.2) is 0 Å². The lowest BCUT2D eigenvalue weighted by Gasteiger charge is -2.58. The van der Waals surface area contributed by atoms with Crippen LogP contribution in [0.15, 0.2) is 18.2 Å². The lowest BCUT2D eigenvalue weighted by atomic mass is 9.71. The molecule has 0 saturated carbocycles. The first-order chi connectivity index (χ1) is 12.7. The summed E-state index contributed by atoms with van der Waals surface area (Å²) in [7, 11) is 0. The summed E-state index contributed by atoms with van der Waals surface area (Å²) in [6.45, 7) is 17.3. The number of ether oxygens (including phenoxy) is 1. The molecule has 1 aromatic rings. The van der Waals surface area contributed by atoms with Gasteiger partial charge in [0.25, 0.3) is 0 Å². The molecule has 1 heterocycles. The van der Waals surface area contributed by atoms with Crippen LogP contribution in [0.2, 0.25) is 0 Å². The van der Waals surface area contributed by atoms with E-state index in [2.05, 4.69) is 38.7 Å². The summed E-state index contributed by atoms with van der Waals surface area (Å²) in [6.07, 6.45) is -0.890. The molecule has 0 spiro atoms. The van der Waals surface area contributed by atoms with E-state index in [1.807, 2.05) is 39.8 Å². The number of carbonyl (C=O) groups is 1. The molecule has 0 bridgehead atoms. The number of rotatable bonds is 2. The molecule has 0 aromatic heterocycles. The summed E-state index contributed by atoms with van der Waals surface area (Å²) in [6, 6.07) is 7.69. The molecule has 28 heavy (non-hydrogen) atoms. The number of benzene rings is 1. The molecule has 1 aromatic carbocycles. The lowest BCUT2D eigenvalue weighted by molar-refractivity contribution is 0.0565. The number of piperazine rings is 1. The minimum absolute atomic E-state index is 0.143. The van der Waals surface area contributed by atoms with Gasteiger partial charge in [-0.1, -0.05) is 20.8 Å². The Balaban J connectivity index is 2.56. The Morgan fingerprint density at radius 3 is 2.36 bits per heavy atom. The van der Waals surface area contributed by atoms with Gasteiger partial charge in [0.2, 0.25) is 0 Å². The molecular weight excluding hydrogens is 354 g/mol. The van der Waals surface area contributed by atoms with Crippen LogP contribution in [-0.4, -0.2) is 46.4 Å². The second kappa shape index (κ2) is 7.20. The normalized spacial score (nSPS) is 23.3. The van der Waals surface area contributed by atoms with E-state index in [-0.39, 0.29) is 11.5 Å². The van der Waals surface area contributed by atoms with Gasteiger partial charge in [0.1, 0.15) is 17.4 Å². The maximum absolute atomic E-state index is 11.8. The summed E-state index contributed by atoms with van der Waals surface area (Å²) < 4.78 is 6.04. The zero-order valence-corrected chi connectivity index (χ0v) is 18.3. The minimum Gasteiger partial charge on any atom is -0.487 e. The fourth-order valence-corrected chi connectivity index (χ4v) is 3.61. The molecule has 1 aliphatic rings. The highest BCUT2D eigenvalue weighted by Gasteiger charge is 2.49. The molecule has 2 rings (SSSR count). The zero-order chi connectivity index (χ0) is 21.5. The maximum atomic E-state index is 11.8. The second-order valence-electron chi connectivity index (χ2n) is 9.90. The van der Waals surface area contributed by atoms with E-state index in [1.54, 1.807) is 6.07 Å². The van der Waals surface area contributed by atoms with Crippen LogP contribution in [0.3, 0.4) is 0 Å². The average molecular weight is 388 g/mol. The van der Waals surface area contributed by atoms with Crippen molar-refractivity contribution in [3.8, 4) is 11.8 Å². The van der Waals surface area contributed by atoms with Crippen LogP contribution in [0.4, 0.5) is 10.5 Å². The van der Waals surface area contributed by atoms with E-state index < -0.39 is 17.2 Å². The van der Waals surface area contributed by atoms with Crippen molar-refractivity contribution in [3.05, 3.63) is 23.8 Å². The Labute approximate surface area is 168 Å². The van der Waals surface area contributed by atoms with E-state index in [4.69, 9.17) is 4.74 Å². The fourth-order valence-electron chi connectivity index (χ4n) is 3.61. The van der Waals surface area contributed by atoms with Crippen molar-refractivity contribution < 1.29 is 14.6 Å². The van der Waals surface area contributed by atoms with Crippen LogP contribution in [0, 0.1) is 16.7 Å². The van der Waals surface area contributed by atoms with Gasteiger partial charge in [-0.05, 0) is 52.2 Å². The standard InChI is InChI=1S/C22H33N3O3/c1-15-13-25(22(8,20(2,3)4)14-24(15)19(26)27)17-10-9-16(12-23)18(11-17)28-21(5,6)7/h9-11,15H,13-14H2,1-8H3,(H,26,27)/t15-,22+/m1/s1. The topological polar surface area (TPSA) is 76.8 Å². The lowest BCUT2D eigenvalue weighted by Crippen LogP contribution is -2.69. The molecule has 1 N–H and O–H groups in total. The van der Waals surface area contributed by atoms with Crippen LogP contribution in [0.5, 0.6) is 5.75 Å². The first-order valence-electron chi connectivity index (χ1n) is 9.70. The first kappa shape index (κ1) is 21.9. The molecular formula is C22H33N3O3. The van der Waals surface area contributed by atoms with Crippen LogP contribution in [0.1, 0.15) is 61.0 Å². The summed E-state index contributed by atoms with van der Waals surface area (Å²) in [5.41, 5.74) is 0.401. The molecule has 154 valence electrons. The molecule has 0 unspecified atom stereocenters. The third kappa shape index (κ3) is 4.19. The van der Waals surface area contributed by atoms with Gasteiger partial charge < -0.3 is 19.6 Å². The molecule has 0 aliphatic carbocycles. The number of hydrogen-bond donors (Lipinski definition) is 1. The van der Waals surface area contributed by atoms with Crippen molar-refractivity contribution in [2.45, 2.75) is 72.6 Å². The van der Waals surface area contributed by atoms with E-state index in [0.29, 0.717) is 24.4 Å². The summed E-state index contributed by atoms with van der Waals surface area (Å²) in [5, 5.41) is 19.1. The van der Waals surface area contributed by atoms with Crippen LogP contribution >= 0.6 is 0 Å².